The van der Waals surface area contributed by atoms with Crippen molar-refractivity contribution in [3.8, 4) is 0 Å². The second kappa shape index (κ2) is 10.1. The van der Waals surface area contributed by atoms with Crippen molar-refractivity contribution in [2.24, 2.45) is 5.92 Å². The third-order valence-electron chi connectivity index (χ3n) is 6.25. The van der Waals surface area contributed by atoms with Crippen LogP contribution < -0.4 is 4.90 Å². The fourth-order valence-electron chi connectivity index (χ4n) is 4.37. The first-order chi connectivity index (χ1) is 15.1. The number of fused-ring (bicyclic) bond motifs is 1. The zero-order valence-electron chi connectivity index (χ0n) is 18.0. The summed E-state index contributed by atoms with van der Waals surface area (Å²) in [5.41, 5.74) is 2.62. The van der Waals surface area contributed by atoms with Crippen LogP contribution in [-0.4, -0.2) is 46.5 Å². The molecule has 1 fully saturated rings. The van der Waals surface area contributed by atoms with E-state index >= 15 is 0 Å². The van der Waals surface area contributed by atoms with Gasteiger partial charge in [0.25, 0.3) is 5.91 Å². The third kappa shape index (κ3) is 5.70. The molecule has 1 aromatic heterocycles. The van der Waals surface area contributed by atoms with Gasteiger partial charge in [0.2, 0.25) is 0 Å². The molecule has 2 heterocycles. The van der Waals surface area contributed by atoms with Crippen LogP contribution in [0.4, 0.5) is 5.69 Å². The molecule has 1 N–H and O–H groups in total. The van der Waals surface area contributed by atoms with E-state index in [1.807, 2.05) is 11.0 Å². The van der Waals surface area contributed by atoms with Gasteiger partial charge in [-0.15, -0.1) is 0 Å². The number of aromatic carboxylic acids is 1. The van der Waals surface area contributed by atoms with Crippen LogP contribution in [0.1, 0.15) is 71.2 Å². The standard InChI is InChI=1S/C25H31N3O3/c29-24(20-10-12-26-13-11-20)28-15-5-3-1-2-4-14-27(17-19-6-7-19)18-22-16-21(25(30)31)8-9-23(22)28/h8-13,16,19H,1-7,14-15,17-18H2,(H,30,31). The molecular weight excluding hydrogens is 390 g/mol. The van der Waals surface area contributed by atoms with E-state index in [2.05, 4.69) is 9.88 Å². The normalized spacial score (nSPS) is 18.5. The number of amides is 1. The number of benzene rings is 1. The van der Waals surface area contributed by atoms with Gasteiger partial charge in [0, 0.05) is 43.3 Å². The summed E-state index contributed by atoms with van der Waals surface area (Å²) < 4.78 is 0. The van der Waals surface area contributed by atoms with Gasteiger partial charge in [0.15, 0.2) is 0 Å². The fraction of sp³-hybridized carbons (Fsp3) is 0.480. The highest BCUT2D eigenvalue weighted by molar-refractivity contribution is 6.06. The zero-order chi connectivity index (χ0) is 21.6. The number of pyridine rings is 1. The Morgan fingerprint density at radius 2 is 1.65 bits per heavy atom. The van der Waals surface area contributed by atoms with Crippen molar-refractivity contribution in [2.75, 3.05) is 24.5 Å². The Kier molecular flexibility index (Phi) is 6.97. The quantitative estimate of drug-likeness (QED) is 0.781. The molecule has 0 unspecified atom stereocenters. The third-order valence-corrected chi connectivity index (χ3v) is 6.25. The van der Waals surface area contributed by atoms with Gasteiger partial charge >= 0.3 is 5.97 Å². The molecule has 1 aliphatic heterocycles. The van der Waals surface area contributed by atoms with Gasteiger partial charge < -0.3 is 10.0 Å². The Labute approximate surface area is 183 Å². The van der Waals surface area contributed by atoms with Crippen molar-refractivity contribution < 1.29 is 14.7 Å². The number of anilines is 1. The molecule has 1 aromatic carbocycles. The van der Waals surface area contributed by atoms with Gasteiger partial charge in [-0.1, -0.05) is 19.3 Å². The first-order valence-electron chi connectivity index (χ1n) is 11.4. The molecule has 0 radical (unpaired) electrons. The SMILES string of the molecule is O=C(O)c1ccc2c(c1)CN(CC1CC1)CCCCCCCN2C(=O)c1ccncc1. The van der Waals surface area contributed by atoms with Crippen LogP contribution in [0, 0.1) is 5.92 Å². The fourth-order valence-corrected chi connectivity index (χ4v) is 4.37. The van der Waals surface area contributed by atoms with Crippen LogP contribution in [0.15, 0.2) is 42.7 Å². The smallest absolute Gasteiger partial charge is 0.335 e. The maximum atomic E-state index is 13.4. The van der Waals surface area contributed by atoms with Crippen molar-refractivity contribution in [3.05, 3.63) is 59.4 Å². The number of rotatable bonds is 4. The minimum absolute atomic E-state index is 0.0578. The number of nitrogens with zero attached hydrogens (tertiary/aromatic N) is 3. The highest BCUT2D eigenvalue weighted by Gasteiger charge is 2.27. The van der Waals surface area contributed by atoms with E-state index in [-0.39, 0.29) is 11.5 Å². The number of carbonyl (C=O) groups is 2. The predicted octanol–water partition coefficient (Wildman–Crippen LogP) is 4.60. The molecule has 1 aliphatic carbocycles. The van der Waals surface area contributed by atoms with Crippen molar-refractivity contribution in [1.29, 1.82) is 0 Å². The minimum atomic E-state index is -0.935. The average Bonchev–Trinajstić information content (AvgIpc) is 3.59. The lowest BCUT2D eigenvalue weighted by molar-refractivity contribution is 0.0696. The van der Waals surface area contributed by atoms with Gasteiger partial charge in [-0.25, -0.2) is 4.79 Å². The summed E-state index contributed by atoms with van der Waals surface area (Å²) in [6, 6.07) is 8.67. The second-order valence-electron chi connectivity index (χ2n) is 8.79. The number of carbonyl (C=O) groups excluding carboxylic acids is 1. The number of hydrogen-bond donors (Lipinski definition) is 1. The van der Waals surface area contributed by atoms with E-state index in [1.54, 1.807) is 36.7 Å². The molecule has 0 spiro atoms. The van der Waals surface area contributed by atoms with Crippen LogP contribution in [0.25, 0.3) is 0 Å². The van der Waals surface area contributed by atoms with Crippen LogP contribution in [0.3, 0.4) is 0 Å². The number of carboxylic acid groups (broad SMARTS) is 1. The molecule has 6 nitrogen and oxygen atoms in total. The van der Waals surface area contributed by atoms with Gasteiger partial charge in [-0.05, 0) is 74.0 Å². The molecule has 6 heteroatoms. The van der Waals surface area contributed by atoms with Gasteiger partial charge in [-0.3, -0.25) is 14.7 Å². The van der Waals surface area contributed by atoms with E-state index in [1.165, 1.54) is 32.1 Å². The van der Waals surface area contributed by atoms with E-state index in [0.717, 1.165) is 43.1 Å². The lowest BCUT2D eigenvalue weighted by atomic mass is 10.0. The van der Waals surface area contributed by atoms with Crippen molar-refractivity contribution >= 4 is 17.6 Å². The Morgan fingerprint density at radius 1 is 0.935 bits per heavy atom. The van der Waals surface area contributed by atoms with Crippen LogP contribution in [-0.2, 0) is 6.54 Å². The summed E-state index contributed by atoms with van der Waals surface area (Å²) >= 11 is 0. The maximum Gasteiger partial charge on any atom is 0.335 e. The van der Waals surface area contributed by atoms with Crippen molar-refractivity contribution in [2.45, 2.75) is 51.5 Å². The van der Waals surface area contributed by atoms with E-state index in [4.69, 9.17) is 0 Å². The summed E-state index contributed by atoms with van der Waals surface area (Å²) in [4.78, 5) is 33.4. The Morgan fingerprint density at radius 3 is 2.35 bits per heavy atom. The summed E-state index contributed by atoms with van der Waals surface area (Å²) in [6.07, 6.45) is 11.4. The molecule has 164 valence electrons. The number of carboxylic acids is 1. The molecule has 1 saturated carbocycles. The highest BCUT2D eigenvalue weighted by atomic mass is 16.4. The Balaban J connectivity index is 1.71. The first kappa shape index (κ1) is 21.5. The van der Waals surface area contributed by atoms with Crippen molar-refractivity contribution in [3.63, 3.8) is 0 Å². The molecule has 2 aromatic rings. The summed E-state index contributed by atoms with van der Waals surface area (Å²) in [7, 11) is 0. The number of aromatic nitrogens is 1. The molecule has 0 saturated heterocycles. The van der Waals surface area contributed by atoms with E-state index in [0.29, 0.717) is 18.7 Å². The topological polar surface area (TPSA) is 73.7 Å². The minimum Gasteiger partial charge on any atom is -0.478 e. The van der Waals surface area contributed by atoms with Crippen LogP contribution in [0.2, 0.25) is 0 Å². The molecule has 0 bridgehead atoms. The second-order valence-corrected chi connectivity index (χ2v) is 8.79. The summed E-state index contributed by atoms with van der Waals surface area (Å²) in [5, 5.41) is 9.57. The molecular formula is C25H31N3O3. The Bertz CT molecular complexity index is 911. The van der Waals surface area contributed by atoms with Crippen LogP contribution in [0.5, 0.6) is 0 Å². The number of hydrogen-bond acceptors (Lipinski definition) is 4. The zero-order valence-corrected chi connectivity index (χ0v) is 18.0. The largest absolute Gasteiger partial charge is 0.478 e. The highest BCUT2D eigenvalue weighted by Crippen LogP contribution is 2.32. The van der Waals surface area contributed by atoms with Crippen LogP contribution >= 0.6 is 0 Å². The first-order valence-corrected chi connectivity index (χ1v) is 11.4. The van der Waals surface area contributed by atoms with Gasteiger partial charge in [0.05, 0.1) is 5.56 Å². The molecule has 31 heavy (non-hydrogen) atoms. The molecule has 0 atom stereocenters. The van der Waals surface area contributed by atoms with Crippen molar-refractivity contribution in [1.82, 2.24) is 9.88 Å². The monoisotopic (exact) mass is 421 g/mol. The van der Waals surface area contributed by atoms with Gasteiger partial charge in [0.1, 0.15) is 0 Å². The predicted molar refractivity (Wildman–Crippen MR) is 120 cm³/mol. The van der Waals surface area contributed by atoms with E-state index < -0.39 is 5.97 Å². The maximum absolute atomic E-state index is 13.4. The summed E-state index contributed by atoms with van der Waals surface area (Å²) in [6.45, 7) is 3.37. The lowest BCUT2D eigenvalue weighted by Gasteiger charge is -2.29. The lowest BCUT2D eigenvalue weighted by Crippen LogP contribution is -2.34. The molecule has 1 amide bonds. The molecule has 4 rings (SSSR count). The average molecular weight is 422 g/mol. The van der Waals surface area contributed by atoms with E-state index in [9.17, 15) is 14.7 Å². The Hall–Kier alpha value is -2.73. The van der Waals surface area contributed by atoms with Gasteiger partial charge in [-0.2, -0.15) is 0 Å². The summed E-state index contributed by atoms with van der Waals surface area (Å²) in [5.74, 6) is -0.235. The molecule has 2 aliphatic rings.